The zero-order valence-corrected chi connectivity index (χ0v) is 11.3. The van der Waals surface area contributed by atoms with Gasteiger partial charge >= 0.3 is 0 Å². The number of aromatic amines is 1. The predicted molar refractivity (Wildman–Crippen MR) is 82.7 cm³/mol. The Morgan fingerprint density at radius 2 is 1.35 bits per heavy atom. The van der Waals surface area contributed by atoms with E-state index in [1.54, 1.807) is 6.07 Å². The Labute approximate surface area is 117 Å². The summed E-state index contributed by atoms with van der Waals surface area (Å²) in [5.74, 6) is 0. The largest absolute Gasteiger partial charge is 0.322 e. The van der Waals surface area contributed by atoms with Crippen LogP contribution in [0.25, 0.3) is 22.4 Å². The SMILES string of the molecule is Cc1c(-c2ccccc2)cc(=O)[nH]c1-c1ccccc1. The highest BCUT2D eigenvalue weighted by molar-refractivity contribution is 5.75. The molecule has 0 aliphatic rings. The number of hydrogen-bond donors (Lipinski definition) is 1. The van der Waals surface area contributed by atoms with E-state index >= 15 is 0 Å². The van der Waals surface area contributed by atoms with Gasteiger partial charge in [0.05, 0.1) is 5.69 Å². The normalized spacial score (nSPS) is 10.4. The van der Waals surface area contributed by atoms with Crippen molar-refractivity contribution in [2.45, 2.75) is 6.92 Å². The third-order valence-electron chi connectivity index (χ3n) is 3.45. The topological polar surface area (TPSA) is 32.9 Å². The van der Waals surface area contributed by atoms with Gasteiger partial charge < -0.3 is 4.98 Å². The zero-order valence-electron chi connectivity index (χ0n) is 11.3. The van der Waals surface area contributed by atoms with Gasteiger partial charge in [-0.1, -0.05) is 60.7 Å². The van der Waals surface area contributed by atoms with Gasteiger partial charge in [-0.15, -0.1) is 0 Å². The summed E-state index contributed by atoms with van der Waals surface area (Å²) in [7, 11) is 0. The molecule has 2 aromatic carbocycles. The van der Waals surface area contributed by atoms with E-state index in [0.717, 1.165) is 27.9 Å². The molecule has 0 unspecified atom stereocenters. The van der Waals surface area contributed by atoms with Crippen molar-refractivity contribution < 1.29 is 0 Å². The molecule has 20 heavy (non-hydrogen) atoms. The van der Waals surface area contributed by atoms with Crippen LogP contribution in [0.1, 0.15) is 5.56 Å². The first-order valence-electron chi connectivity index (χ1n) is 6.60. The molecular weight excluding hydrogens is 246 g/mol. The summed E-state index contributed by atoms with van der Waals surface area (Å²) >= 11 is 0. The van der Waals surface area contributed by atoms with Crippen LogP contribution in [0.3, 0.4) is 0 Å². The fourth-order valence-electron chi connectivity index (χ4n) is 2.44. The number of aromatic nitrogens is 1. The molecule has 0 atom stereocenters. The Hall–Kier alpha value is -2.61. The molecule has 0 saturated carbocycles. The highest BCUT2D eigenvalue weighted by atomic mass is 16.1. The molecule has 3 rings (SSSR count). The number of hydrogen-bond acceptors (Lipinski definition) is 1. The monoisotopic (exact) mass is 261 g/mol. The van der Waals surface area contributed by atoms with E-state index in [1.807, 2.05) is 67.6 Å². The molecule has 0 fully saturated rings. The molecule has 1 N–H and O–H groups in total. The van der Waals surface area contributed by atoms with Crippen LogP contribution in [0.2, 0.25) is 0 Å². The van der Waals surface area contributed by atoms with Crippen LogP contribution in [0.15, 0.2) is 71.5 Å². The number of nitrogens with one attached hydrogen (secondary N) is 1. The molecule has 3 aromatic rings. The number of pyridine rings is 1. The molecule has 1 heterocycles. The van der Waals surface area contributed by atoms with Crippen LogP contribution in [0, 0.1) is 6.92 Å². The second kappa shape index (κ2) is 5.17. The minimum atomic E-state index is -0.0756. The molecule has 0 aliphatic heterocycles. The fraction of sp³-hybridized carbons (Fsp3) is 0.0556. The molecule has 1 aromatic heterocycles. The Kier molecular flexibility index (Phi) is 3.21. The Bertz CT molecular complexity index is 710. The second-order valence-corrected chi connectivity index (χ2v) is 4.78. The van der Waals surface area contributed by atoms with E-state index in [2.05, 4.69) is 4.98 Å². The average molecular weight is 261 g/mol. The predicted octanol–water partition coefficient (Wildman–Crippen LogP) is 4.02. The summed E-state index contributed by atoms with van der Waals surface area (Å²) in [6.45, 7) is 2.04. The van der Waals surface area contributed by atoms with Crippen molar-refractivity contribution >= 4 is 0 Å². The van der Waals surface area contributed by atoms with E-state index in [9.17, 15) is 4.79 Å². The summed E-state index contributed by atoms with van der Waals surface area (Å²) in [4.78, 5) is 14.9. The Morgan fingerprint density at radius 1 is 0.800 bits per heavy atom. The molecular formula is C18H15NO. The summed E-state index contributed by atoms with van der Waals surface area (Å²) in [5, 5.41) is 0. The molecule has 0 aliphatic carbocycles. The summed E-state index contributed by atoms with van der Waals surface area (Å²) < 4.78 is 0. The van der Waals surface area contributed by atoms with Crippen molar-refractivity contribution in [2.24, 2.45) is 0 Å². The maximum absolute atomic E-state index is 12.0. The van der Waals surface area contributed by atoms with Crippen molar-refractivity contribution in [1.29, 1.82) is 0 Å². The van der Waals surface area contributed by atoms with Crippen molar-refractivity contribution in [1.82, 2.24) is 4.98 Å². The lowest BCUT2D eigenvalue weighted by molar-refractivity contribution is 1.21. The number of rotatable bonds is 2. The van der Waals surface area contributed by atoms with Crippen LogP contribution in [-0.2, 0) is 0 Å². The van der Waals surface area contributed by atoms with Gasteiger partial charge in [0.15, 0.2) is 0 Å². The second-order valence-electron chi connectivity index (χ2n) is 4.78. The zero-order chi connectivity index (χ0) is 13.9. The highest BCUT2D eigenvalue weighted by Crippen LogP contribution is 2.28. The number of benzene rings is 2. The molecule has 0 bridgehead atoms. The van der Waals surface area contributed by atoms with Crippen LogP contribution in [0.5, 0.6) is 0 Å². The Balaban J connectivity index is 2.24. The molecule has 0 spiro atoms. The van der Waals surface area contributed by atoms with Crippen molar-refractivity contribution in [3.8, 4) is 22.4 Å². The van der Waals surface area contributed by atoms with E-state index < -0.39 is 0 Å². The molecule has 2 heteroatoms. The van der Waals surface area contributed by atoms with Gasteiger partial charge in [-0.3, -0.25) is 4.79 Å². The van der Waals surface area contributed by atoms with E-state index in [-0.39, 0.29) is 5.56 Å². The van der Waals surface area contributed by atoms with Gasteiger partial charge in [-0.25, -0.2) is 0 Å². The first-order valence-corrected chi connectivity index (χ1v) is 6.60. The molecule has 98 valence electrons. The smallest absolute Gasteiger partial charge is 0.249 e. The molecule has 0 radical (unpaired) electrons. The van der Waals surface area contributed by atoms with Gasteiger partial charge in [0.25, 0.3) is 0 Å². The lowest BCUT2D eigenvalue weighted by atomic mass is 9.97. The van der Waals surface area contributed by atoms with E-state index in [1.165, 1.54) is 0 Å². The minimum Gasteiger partial charge on any atom is -0.322 e. The fourth-order valence-corrected chi connectivity index (χ4v) is 2.44. The Morgan fingerprint density at radius 3 is 1.95 bits per heavy atom. The summed E-state index contributed by atoms with van der Waals surface area (Å²) in [6, 6.07) is 21.6. The van der Waals surface area contributed by atoms with Crippen molar-refractivity contribution in [3.05, 3.63) is 82.6 Å². The molecule has 2 nitrogen and oxygen atoms in total. The van der Waals surface area contributed by atoms with E-state index in [0.29, 0.717) is 0 Å². The van der Waals surface area contributed by atoms with Crippen LogP contribution in [-0.4, -0.2) is 4.98 Å². The summed E-state index contributed by atoms with van der Waals surface area (Å²) in [5.41, 5.74) is 4.97. The minimum absolute atomic E-state index is 0.0756. The standard InChI is InChI=1S/C18H15NO/c1-13-16(14-8-4-2-5-9-14)12-17(20)19-18(13)15-10-6-3-7-11-15/h2-12H,1H3,(H,19,20). The molecule has 0 saturated heterocycles. The van der Waals surface area contributed by atoms with Crippen LogP contribution in [0.4, 0.5) is 0 Å². The van der Waals surface area contributed by atoms with Crippen molar-refractivity contribution in [3.63, 3.8) is 0 Å². The van der Waals surface area contributed by atoms with Gasteiger partial charge in [0.1, 0.15) is 0 Å². The first kappa shape index (κ1) is 12.4. The van der Waals surface area contributed by atoms with Crippen LogP contribution >= 0.6 is 0 Å². The van der Waals surface area contributed by atoms with Gasteiger partial charge in [0.2, 0.25) is 5.56 Å². The van der Waals surface area contributed by atoms with Gasteiger partial charge in [-0.2, -0.15) is 0 Å². The maximum Gasteiger partial charge on any atom is 0.249 e. The quantitative estimate of drug-likeness (QED) is 0.742. The number of H-pyrrole nitrogens is 1. The van der Waals surface area contributed by atoms with Crippen LogP contribution < -0.4 is 5.56 Å². The third kappa shape index (κ3) is 2.28. The highest BCUT2D eigenvalue weighted by Gasteiger charge is 2.09. The van der Waals surface area contributed by atoms with Gasteiger partial charge in [-0.05, 0) is 29.2 Å². The maximum atomic E-state index is 12.0. The van der Waals surface area contributed by atoms with E-state index in [4.69, 9.17) is 0 Å². The average Bonchev–Trinajstić information content (AvgIpc) is 2.51. The third-order valence-corrected chi connectivity index (χ3v) is 3.45. The van der Waals surface area contributed by atoms with Crippen molar-refractivity contribution in [2.75, 3.05) is 0 Å². The summed E-state index contributed by atoms with van der Waals surface area (Å²) in [6.07, 6.45) is 0. The van der Waals surface area contributed by atoms with Gasteiger partial charge in [0, 0.05) is 6.07 Å². The molecule has 0 amide bonds. The lowest BCUT2D eigenvalue weighted by Crippen LogP contribution is -2.08. The first-order chi connectivity index (χ1) is 9.75. The lowest BCUT2D eigenvalue weighted by Gasteiger charge is -2.11.